The molecule has 6 heteroatoms. The van der Waals surface area contributed by atoms with Crippen LogP contribution in [0.15, 0.2) is 95.6 Å². The standard InChI is InChI=1S/C35H31BN2O3/c1-34(2)35(3,4)41-36(40-34)28-19-20-37-31-26-15-10-14-24(32(26)39-33(28)31)22-17-18-30-27(21-22)25-13-8-9-16-29(25)38(30)23-11-6-5-7-12-23/h5-6,8-11,13-21H,7,12H2,1-4H3. The average Bonchev–Trinajstić information content (AvgIpc) is 3.59. The summed E-state index contributed by atoms with van der Waals surface area (Å²) in [5.74, 6) is 0. The SMILES string of the molecule is CC1(C)OB(c2ccnc3c2oc2c(-c4ccc5c(c4)c4ccccc4n5C4=CC=CCC4)cccc23)OC1(C)C. The van der Waals surface area contributed by atoms with Crippen LogP contribution in [-0.2, 0) is 9.31 Å². The number of pyridine rings is 1. The highest BCUT2D eigenvalue weighted by Crippen LogP contribution is 2.41. The topological polar surface area (TPSA) is 49.4 Å². The zero-order valence-corrected chi connectivity index (χ0v) is 23.8. The molecule has 4 heterocycles. The first kappa shape index (κ1) is 24.7. The summed E-state index contributed by atoms with van der Waals surface area (Å²) >= 11 is 0. The number of allylic oxidation sites excluding steroid dienone is 4. The second-order valence-corrected chi connectivity index (χ2v) is 12.2. The first-order valence-electron chi connectivity index (χ1n) is 14.4. The fraction of sp³-hybridized carbons (Fsp3) is 0.229. The molecule has 0 bridgehead atoms. The number of aromatic nitrogens is 2. The van der Waals surface area contributed by atoms with Gasteiger partial charge in [-0.2, -0.15) is 0 Å². The van der Waals surface area contributed by atoms with Crippen LogP contribution in [0, 0.1) is 0 Å². The second kappa shape index (κ2) is 8.69. The summed E-state index contributed by atoms with van der Waals surface area (Å²) in [7, 11) is -0.527. The third-order valence-electron chi connectivity index (χ3n) is 9.18. The third-order valence-corrected chi connectivity index (χ3v) is 9.18. The molecule has 6 aromatic rings. The smallest absolute Gasteiger partial charge is 0.454 e. The van der Waals surface area contributed by atoms with E-state index in [4.69, 9.17) is 18.7 Å². The molecule has 3 aromatic carbocycles. The van der Waals surface area contributed by atoms with Gasteiger partial charge in [-0.25, -0.2) is 0 Å². The van der Waals surface area contributed by atoms with E-state index in [1.54, 1.807) is 0 Å². The summed E-state index contributed by atoms with van der Waals surface area (Å²) in [5.41, 5.74) is 8.27. The molecule has 2 aliphatic rings. The number of rotatable bonds is 3. The summed E-state index contributed by atoms with van der Waals surface area (Å²) in [6, 6.07) is 23.7. The van der Waals surface area contributed by atoms with E-state index >= 15 is 0 Å². The number of para-hydroxylation sites is 2. The number of hydrogen-bond donors (Lipinski definition) is 0. The Bertz CT molecular complexity index is 2060. The van der Waals surface area contributed by atoms with Gasteiger partial charge in [0.1, 0.15) is 11.1 Å². The maximum atomic E-state index is 6.67. The summed E-state index contributed by atoms with van der Waals surface area (Å²) in [6.07, 6.45) is 10.6. The van der Waals surface area contributed by atoms with Crippen molar-refractivity contribution in [3.63, 3.8) is 0 Å². The average molecular weight is 538 g/mol. The van der Waals surface area contributed by atoms with Crippen molar-refractivity contribution in [2.24, 2.45) is 0 Å². The molecule has 8 rings (SSSR count). The van der Waals surface area contributed by atoms with E-state index in [1.807, 2.05) is 12.3 Å². The number of nitrogens with zero attached hydrogens (tertiary/aromatic N) is 2. The van der Waals surface area contributed by atoms with E-state index in [0.29, 0.717) is 5.58 Å². The molecule has 5 nitrogen and oxygen atoms in total. The molecule has 1 saturated heterocycles. The van der Waals surface area contributed by atoms with Crippen molar-refractivity contribution in [3.8, 4) is 11.1 Å². The van der Waals surface area contributed by atoms with Gasteiger partial charge in [-0.05, 0) is 82.5 Å². The van der Waals surface area contributed by atoms with Gasteiger partial charge in [0.25, 0.3) is 0 Å². The van der Waals surface area contributed by atoms with Crippen molar-refractivity contribution in [3.05, 3.63) is 91.2 Å². The van der Waals surface area contributed by atoms with Gasteiger partial charge >= 0.3 is 7.12 Å². The van der Waals surface area contributed by atoms with Gasteiger partial charge in [-0.15, -0.1) is 0 Å². The van der Waals surface area contributed by atoms with Crippen molar-refractivity contribution in [1.82, 2.24) is 9.55 Å². The largest absolute Gasteiger partial charge is 0.498 e. The highest BCUT2D eigenvalue weighted by Gasteiger charge is 2.52. The number of fused-ring (bicyclic) bond motifs is 6. The van der Waals surface area contributed by atoms with E-state index in [1.165, 1.54) is 27.5 Å². The quantitative estimate of drug-likeness (QED) is 0.213. The van der Waals surface area contributed by atoms with E-state index in [2.05, 4.69) is 111 Å². The van der Waals surface area contributed by atoms with Crippen LogP contribution in [0.5, 0.6) is 0 Å². The zero-order valence-electron chi connectivity index (χ0n) is 23.8. The van der Waals surface area contributed by atoms with E-state index in [-0.39, 0.29) is 0 Å². The normalized spacial score (nSPS) is 18.2. The molecule has 0 N–H and O–H groups in total. The molecule has 1 fully saturated rings. The van der Waals surface area contributed by atoms with Crippen LogP contribution in [-0.4, -0.2) is 27.9 Å². The molecular formula is C35H31BN2O3. The van der Waals surface area contributed by atoms with Gasteiger partial charge in [0.2, 0.25) is 0 Å². The predicted molar refractivity (Wildman–Crippen MR) is 168 cm³/mol. The van der Waals surface area contributed by atoms with Crippen molar-refractivity contribution < 1.29 is 13.7 Å². The van der Waals surface area contributed by atoms with Gasteiger partial charge in [-0.3, -0.25) is 4.98 Å². The van der Waals surface area contributed by atoms with Crippen molar-refractivity contribution in [1.29, 1.82) is 0 Å². The Morgan fingerprint density at radius 2 is 1.59 bits per heavy atom. The van der Waals surface area contributed by atoms with Gasteiger partial charge in [0.15, 0.2) is 5.58 Å². The Balaban J connectivity index is 1.31. The van der Waals surface area contributed by atoms with Crippen LogP contribution in [0.1, 0.15) is 40.5 Å². The van der Waals surface area contributed by atoms with Gasteiger partial charge in [-0.1, -0.05) is 48.6 Å². The first-order valence-corrected chi connectivity index (χ1v) is 14.4. The molecule has 1 aliphatic carbocycles. The Morgan fingerprint density at radius 3 is 2.39 bits per heavy atom. The molecule has 0 atom stereocenters. The fourth-order valence-corrected chi connectivity index (χ4v) is 6.31. The third kappa shape index (κ3) is 3.60. The van der Waals surface area contributed by atoms with E-state index in [9.17, 15) is 0 Å². The minimum atomic E-state index is -0.527. The van der Waals surface area contributed by atoms with Crippen LogP contribution in [0.4, 0.5) is 0 Å². The van der Waals surface area contributed by atoms with Gasteiger partial charge in [0.05, 0.1) is 22.2 Å². The van der Waals surface area contributed by atoms with Crippen LogP contribution in [0.2, 0.25) is 0 Å². The summed E-state index contributed by atoms with van der Waals surface area (Å²) in [6.45, 7) is 8.26. The Labute approximate surface area is 239 Å². The van der Waals surface area contributed by atoms with Crippen LogP contribution >= 0.6 is 0 Å². The van der Waals surface area contributed by atoms with Crippen LogP contribution in [0.3, 0.4) is 0 Å². The molecule has 0 saturated carbocycles. The molecule has 0 amide bonds. The highest BCUT2D eigenvalue weighted by atomic mass is 16.7. The lowest BCUT2D eigenvalue weighted by Crippen LogP contribution is -2.41. The van der Waals surface area contributed by atoms with Gasteiger partial charge < -0.3 is 18.3 Å². The van der Waals surface area contributed by atoms with Crippen molar-refractivity contribution in [2.75, 3.05) is 0 Å². The highest BCUT2D eigenvalue weighted by molar-refractivity contribution is 6.65. The summed E-state index contributed by atoms with van der Waals surface area (Å²) in [5, 5.41) is 3.47. The second-order valence-electron chi connectivity index (χ2n) is 12.2. The van der Waals surface area contributed by atoms with Crippen LogP contribution < -0.4 is 5.46 Å². The Hall–Kier alpha value is -4.13. The number of hydrogen-bond acceptors (Lipinski definition) is 4. The molecule has 202 valence electrons. The molecular weight excluding hydrogens is 507 g/mol. The minimum absolute atomic E-state index is 0.441. The lowest BCUT2D eigenvalue weighted by atomic mass is 9.79. The molecule has 41 heavy (non-hydrogen) atoms. The first-order chi connectivity index (χ1) is 19.8. The van der Waals surface area contributed by atoms with Crippen LogP contribution in [0.25, 0.3) is 60.7 Å². The molecule has 0 spiro atoms. The minimum Gasteiger partial charge on any atom is -0.454 e. The van der Waals surface area contributed by atoms with E-state index < -0.39 is 18.3 Å². The monoisotopic (exact) mass is 538 g/mol. The molecule has 1 aliphatic heterocycles. The Kier molecular flexibility index (Phi) is 5.22. The Morgan fingerprint density at radius 1 is 0.805 bits per heavy atom. The lowest BCUT2D eigenvalue weighted by Gasteiger charge is -2.32. The maximum Gasteiger partial charge on any atom is 0.498 e. The lowest BCUT2D eigenvalue weighted by molar-refractivity contribution is 0.00578. The maximum absolute atomic E-state index is 6.67. The predicted octanol–water partition coefficient (Wildman–Crippen LogP) is 8.25. The molecule has 3 aromatic heterocycles. The van der Waals surface area contributed by atoms with Gasteiger partial charge in [0, 0.05) is 39.1 Å². The number of furan rings is 1. The zero-order chi connectivity index (χ0) is 27.9. The van der Waals surface area contributed by atoms with E-state index in [0.717, 1.165) is 45.9 Å². The molecule has 0 unspecified atom stereocenters. The fourth-order valence-electron chi connectivity index (χ4n) is 6.31. The summed E-state index contributed by atoms with van der Waals surface area (Å²) < 4.78 is 21.9. The molecule has 0 radical (unpaired) electrons. The number of benzene rings is 3. The van der Waals surface area contributed by atoms with Crippen molar-refractivity contribution in [2.45, 2.75) is 51.7 Å². The summed E-state index contributed by atoms with van der Waals surface area (Å²) in [4.78, 5) is 4.73. The van der Waals surface area contributed by atoms with Crippen molar-refractivity contribution >= 4 is 62.2 Å².